The predicted octanol–water partition coefficient (Wildman–Crippen LogP) is 0.939. The molecule has 1 heterocycles. The SMILES string of the molecule is NCC(=O)N1CCN(C(=O)[C@](O)(c2ccccc2)[C@@H]2CCC(F)(F)C2)CC1. The molecule has 0 unspecified atom stereocenters. The number of carbonyl (C=O) groups excluding carboxylic acids is 2. The first-order chi connectivity index (χ1) is 12.8. The van der Waals surface area contributed by atoms with Crippen LogP contribution in [0.1, 0.15) is 24.8 Å². The second-order valence-corrected chi connectivity index (χ2v) is 7.31. The molecule has 1 aliphatic heterocycles. The molecule has 0 radical (unpaired) electrons. The number of amides is 2. The van der Waals surface area contributed by atoms with E-state index in [0.29, 0.717) is 18.7 Å². The van der Waals surface area contributed by atoms with Gasteiger partial charge in [0.15, 0.2) is 5.60 Å². The highest BCUT2D eigenvalue weighted by atomic mass is 19.3. The number of rotatable bonds is 4. The van der Waals surface area contributed by atoms with Crippen molar-refractivity contribution in [1.29, 1.82) is 0 Å². The zero-order valence-electron chi connectivity index (χ0n) is 15.1. The topological polar surface area (TPSA) is 86.9 Å². The maximum absolute atomic E-state index is 13.8. The van der Waals surface area contributed by atoms with Gasteiger partial charge < -0.3 is 20.6 Å². The van der Waals surface area contributed by atoms with Crippen LogP contribution in [0.5, 0.6) is 0 Å². The molecule has 2 amide bonds. The molecule has 2 fully saturated rings. The predicted molar refractivity (Wildman–Crippen MR) is 94.8 cm³/mol. The van der Waals surface area contributed by atoms with Gasteiger partial charge >= 0.3 is 0 Å². The maximum atomic E-state index is 13.8. The zero-order valence-corrected chi connectivity index (χ0v) is 15.1. The quantitative estimate of drug-likeness (QED) is 0.813. The molecule has 2 aliphatic rings. The first kappa shape index (κ1) is 19.7. The molecule has 148 valence electrons. The molecule has 3 N–H and O–H groups in total. The monoisotopic (exact) mass is 381 g/mol. The van der Waals surface area contributed by atoms with E-state index < -0.39 is 29.8 Å². The molecule has 1 saturated heterocycles. The number of aliphatic hydroxyl groups is 1. The lowest BCUT2D eigenvalue weighted by molar-refractivity contribution is -0.163. The summed E-state index contributed by atoms with van der Waals surface area (Å²) in [6.07, 6.45) is -0.773. The largest absolute Gasteiger partial charge is 0.375 e. The maximum Gasteiger partial charge on any atom is 0.259 e. The Labute approximate surface area is 156 Å². The van der Waals surface area contributed by atoms with Gasteiger partial charge in [-0.3, -0.25) is 9.59 Å². The van der Waals surface area contributed by atoms with Crippen LogP contribution in [0, 0.1) is 5.92 Å². The zero-order chi connectivity index (χ0) is 19.7. The molecule has 3 rings (SSSR count). The molecule has 6 nitrogen and oxygen atoms in total. The number of nitrogens with two attached hydrogens (primary N) is 1. The van der Waals surface area contributed by atoms with Crippen LogP contribution in [0.25, 0.3) is 0 Å². The van der Waals surface area contributed by atoms with Crippen LogP contribution >= 0.6 is 0 Å². The molecule has 1 aliphatic carbocycles. The van der Waals surface area contributed by atoms with Crippen molar-refractivity contribution in [1.82, 2.24) is 9.80 Å². The number of nitrogens with zero attached hydrogens (tertiary/aromatic N) is 2. The van der Waals surface area contributed by atoms with Crippen LogP contribution in [0.3, 0.4) is 0 Å². The standard InChI is InChI=1S/C19H25F2N3O3/c20-18(21)7-6-15(12-18)19(27,14-4-2-1-3-5-14)17(26)24-10-8-23(9-11-24)16(25)13-22/h1-5,15,27H,6-13,22H2/t15-,19+/m1/s1. The fourth-order valence-corrected chi connectivity index (χ4v) is 4.06. The molecule has 1 aromatic rings. The van der Waals surface area contributed by atoms with Crippen LogP contribution in [-0.2, 0) is 15.2 Å². The summed E-state index contributed by atoms with van der Waals surface area (Å²) in [6, 6.07) is 8.30. The number of hydrogen-bond donors (Lipinski definition) is 2. The summed E-state index contributed by atoms with van der Waals surface area (Å²) in [6.45, 7) is 1.01. The summed E-state index contributed by atoms with van der Waals surface area (Å²) in [5.74, 6) is -4.50. The highest BCUT2D eigenvalue weighted by molar-refractivity contribution is 5.87. The van der Waals surface area contributed by atoms with Gasteiger partial charge in [0.05, 0.1) is 6.54 Å². The van der Waals surface area contributed by atoms with Crippen LogP contribution in [0.2, 0.25) is 0 Å². The first-order valence-electron chi connectivity index (χ1n) is 9.21. The second-order valence-electron chi connectivity index (χ2n) is 7.31. The van der Waals surface area contributed by atoms with Crippen molar-refractivity contribution in [3.8, 4) is 0 Å². The third-order valence-corrected chi connectivity index (χ3v) is 5.63. The summed E-state index contributed by atoms with van der Waals surface area (Å²) in [4.78, 5) is 28.0. The van der Waals surface area contributed by atoms with Gasteiger partial charge in [-0.1, -0.05) is 30.3 Å². The van der Waals surface area contributed by atoms with Crippen molar-refractivity contribution >= 4 is 11.8 Å². The second kappa shape index (κ2) is 7.52. The lowest BCUT2D eigenvalue weighted by Crippen LogP contribution is -2.58. The lowest BCUT2D eigenvalue weighted by atomic mass is 9.78. The minimum atomic E-state index is -2.88. The Morgan fingerprint density at radius 3 is 2.26 bits per heavy atom. The van der Waals surface area contributed by atoms with Crippen molar-refractivity contribution in [2.45, 2.75) is 30.8 Å². The highest BCUT2D eigenvalue weighted by Gasteiger charge is 2.54. The van der Waals surface area contributed by atoms with Crippen molar-refractivity contribution in [3.63, 3.8) is 0 Å². The van der Waals surface area contributed by atoms with Gasteiger partial charge in [0, 0.05) is 44.9 Å². The third-order valence-electron chi connectivity index (χ3n) is 5.63. The summed E-state index contributed by atoms with van der Waals surface area (Å²) < 4.78 is 27.7. The Morgan fingerprint density at radius 2 is 1.74 bits per heavy atom. The fourth-order valence-electron chi connectivity index (χ4n) is 4.06. The van der Waals surface area contributed by atoms with Crippen molar-refractivity contribution in [2.75, 3.05) is 32.7 Å². The number of hydrogen-bond acceptors (Lipinski definition) is 4. The molecule has 1 aromatic carbocycles. The van der Waals surface area contributed by atoms with Gasteiger partial charge in [-0.05, 0) is 12.0 Å². The van der Waals surface area contributed by atoms with E-state index in [1.165, 1.54) is 4.90 Å². The summed E-state index contributed by atoms with van der Waals surface area (Å²) in [7, 11) is 0. The smallest absolute Gasteiger partial charge is 0.259 e. The van der Waals surface area contributed by atoms with E-state index >= 15 is 0 Å². The number of piperazine rings is 1. The average molecular weight is 381 g/mol. The number of carbonyl (C=O) groups is 2. The van der Waals surface area contributed by atoms with Gasteiger partial charge in [-0.2, -0.15) is 0 Å². The molecule has 0 spiro atoms. The molecule has 0 bridgehead atoms. The minimum Gasteiger partial charge on any atom is -0.375 e. The van der Waals surface area contributed by atoms with Crippen molar-refractivity contribution < 1.29 is 23.5 Å². The summed E-state index contributed by atoms with van der Waals surface area (Å²) in [5, 5.41) is 11.4. The normalized spacial score (nSPS) is 24.5. The minimum absolute atomic E-state index is 0.0791. The van der Waals surface area contributed by atoms with E-state index in [2.05, 4.69) is 0 Å². The summed E-state index contributed by atoms with van der Waals surface area (Å²) in [5.41, 5.74) is 3.70. The van der Waals surface area contributed by atoms with Gasteiger partial charge in [0.25, 0.3) is 5.91 Å². The van der Waals surface area contributed by atoms with Crippen LogP contribution < -0.4 is 5.73 Å². The van der Waals surface area contributed by atoms with Crippen molar-refractivity contribution in [3.05, 3.63) is 35.9 Å². The van der Waals surface area contributed by atoms with E-state index in [9.17, 15) is 23.5 Å². The van der Waals surface area contributed by atoms with E-state index in [-0.39, 0.29) is 38.4 Å². The first-order valence-corrected chi connectivity index (χ1v) is 9.21. The lowest BCUT2D eigenvalue weighted by Gasteiger charge is -2.41. The average Bonchev–Trinajstić information content (AvgIpc) is 3.07. The molecule has 0 aromatic heterocycles. The van der Waals surface area contributed by atoms with Gasteiger partial charge in [-0.15, -0.1) is 0 Å². The molecule has 2 atom stereocenters. The number of alkyl halides is 2. The fraction of sp³-hybridized carbons (Fsp3) is 0.579. The van der Waals surface area contributed by atoms with Gasteiger partial charge in [0.2, 0.25) is 11.8 Å². The van der Waals surface area contributed by atoms with Crippen molar-refractivity contribution in [2.24, 2.45) is 11.7 Å². The van der Waals surface area contributed by atoms with E-state index in [1.807, 2.05) is 0 Å². The molecule has 8 heteroatoms. The van der Waals surface area contributed by atoms with Crippen LogP contribution in [0.15, 0.2) is 30.3 Å². The third kappa shape index (κ3) is 3.82. The van der Waals surface area contributed by atoms with Crippen LogP contribution in [0.4, 0.5) is 8.78 Å². The van der Waals surface area contributed by atoms with E-state index in [0.717, 1.165) is 0 Å². The highest BCUT2D eigenvalue weighted by Crippen LogP contribution is 2.48. The van der Waals surface area contributed by atoms with E-state index in [4.69, 9.17) is 5.73 Å². The Bertz CT molecular complexity index is 693. The Hall–Kier alpha value is -2.06. The Kier molecular flexibility index (Phi) is 5.48. The molecule has 27 heavy (non-hydrogen) atoms. The number of halogens is 2. The molecule has 1 saturated carbocycles. The number of benzene rings is 1. The molecular weight excluding hydrogens is 356 g/mol. The Balaban J connectivity index is 1.84. The van der Waals surface area contributed by atoms with Gasteiger partial charge in [0.1, 0.15) is 0 Å². The molecular formula is C19H25F2N3O3. The summed E-state index contributed by atoms with van der Waals surface area (Å²) >= 11 is 0. The van der Waals surface area contributed by atoms with Gasteiger partial charge in [-0.25, -0.2) is 8.78 Å². The van der Waals surface area contributed by atoms with Crippen LogP contribution in [-0.4, -0.2) is 65.4 Å². The van der Waals surface area contributed by atoms with E-state index in [1.54, 1.807) is 35.2 Å². The Morgan fingerprint density at radius 1 is 1.15 bits per heavy atom.